The van der Waals surface area contributed by atoms with Crippen molar-refractivity contribution in [2.45, 2.75) is 0 Å². The normalized spacial score (nSPS) is 10.1. The van der Waals surface area contributed by atoms with E-state index in [0.29, 0.717) is 0 Å². The molecule has 2 radical (unpaired) electrons. The first-order valence-electron chi connectivity index (χ1n) is 6.40. The fourth-order valence-corrected chi connectivity index (χ4v) is 4.48. The van der Waals surface area contributed by atoms with Gasteiger partial charge in [-0.1, -0.05) is 91.0 Å². The van der Waals surface area contributed by atoms with Crippen molar-refractivity contribution in [1.29, 1.82) is 0 Å². The Balaban J connectivity index is 0.00000147. The fourth-order valence-electron chi connectivity index (χ4n) is 2.18. The molecule has 0 fully saturated rings. The average molecular weight is 400 g/mol. The zero-order valence-electron chi connectivity index (χ0n) is 11.3. The Kier molecular flexibility index (Phi) is 6.57. The van der Waals surface area contributed by atoms with Crippen molar-refractivity contribution in [3.05, 3.63) is 91.0 Å². The van der Waals surface area contributed by atoms with Gasteiger partial charge in [-0.2, -0.15) is 0 Å². The van der Waals surface area contributed by atoms with E-state index in [9.17, 15) is 0 Å². The Hall–Kier alpha value is -0.339. The van der Waals surface area contributed by atoms with E-state index in [2.05, 4.69) is 91.0 Å². The molecule has 3 aromatic carbocycles. The number of hydrogen-bond donors (Lipinski definition) is 0. The van der Waals surface area contributed by atoms with Crippen LogP contribution >= 0.6 is 7.92 Å². The van der Waals surface area contributed by atoms with Crippen LogP contribution in [0.2, 0.25) is 0 Å². The van der Waals surface area contributed by atoms with Gasteiger partial charge < -0.3 is 0 Å². The Morgan fingerprint density at radius 1 is 0.400 bits per heavy atom. The van der Waals surface area contributed by atoms with Gasteiger partial charge in [-0.05, 0) is 23.8 Å². The summed E-state index contributed by atoms with van der Waals surface area (Å²) in [4.78, 5) is 0. The first-order valence-corrected chi connectivity index (χ1v) is 7.74. The molecule has 3 aromatic rings. The van der Waals surface area contributed by atoms with Gasteiger partial charge in [0.2, 0.25) is 0 Å². The summed E-state index contributed by atoms with van der Waals surface area (Å²) in [6.07, 6.45) is 0. The summed E-state index contributed by atoms with van der Waals surface area (Å²) in [5.74, 6) is 0. The van der Waals surface area contributed by atoms with E-state index in [1.165, 1.54) is 15.9 Å². The Morgan fingerprint density at radius 2 is 0.650 bits per heavy atom. The van der Waals surface area contributed by atoms with Crippen molar-refractivity contribution < 1.29 is 0 Å². The van der Waals surface area contributed by atoms with Crippen molar-refractivity contribution in [3.63, 3.8) is 0 Å². The topological polar surface area (TPSA) is 0 Å². The van der Waals surface area contributed by atoms with Crippen molar-refractivity contribution in [1.82, 2.24) is 0 Å². The number of hydrogen-bond acceptors (Lipinski definition) is 0. The minimum absolute atomic E-state index is 0. The third-order valence-corrected chi connectivity index (χ3v) is 5.49. The molecule has 20 heavy (non-hydrogen) atoms. The largest absolute Gasteiger partial charge is 0.0622 e. The summed E-state index contributed by atoms with van der Waals surface area (Å²) in [5.41, 5.74) is 0. The fraction of sp³-hybridized carbons (Fsp3) is 0. The van der Waals surface area contributed by atoms with E-state index >= 15 is 0 Å². The number of benzene rings is 3. The molecule has 0 nitrogen and oxygen atoms in total. The van der Waals surface area contributed by atoms with Gasteiger partial charge in [0.1, 0.15) is 0 Å². The smallest absolute Gasteiger partial charge is 0 e. The van der Waals surface area contributed by atoms with Crippen LogP contribution in [-0.4, -0.2) is 48.9 Å². The minimum atomic E-state index is -0.446. The van der Waals surface area contributed by atoms with Gasteiger partial charge in [-0.3, -0.25) is 0 Å². The van der Waals surface area contributed by atoms with Gasteiger partial charge in [0.05, 0.1) is 0 Å². The van der Waals surface area contributed by atoms with Crippen molar-refractivity contribution in [3.8, 4) is 0 Å². The molecule has 0 saturated heterocycles. The van der Waals surface area contributed by atoms with Gasteiger partial charge >= 0.3 is 0 Å². The monoisotopic (exact) mass is 400 g/mol. The molecular formula is C18H15BaP. The van der Waals surface area contributed by atoms with Crippen LogP contribution in [0.15, 0.2) is 91.0 Å². The molecule has 0 aliphatic heterocycles. The standard InChI is InChI=1S/C18H15P.Ba/c1-4-10-16(11-5-1)19(17-12-6-2-7-13-17)18-14-8-3-9-15-18;/h1-15H;. The summed E-state index contributed by atoms with van der Waals surface area (Å²) in [6, 6.07) is 32.3. The predicted octanol–water partition coefficient (Wildman–Crippen LogP) is 3.06. The molecule has 3 rings (SSSR count). The molecule has 0 heterocycles. The van der Waals surface area contributed by atoms with Gasteiger partial charge in [-0.25, -0.2) is 0 Å². The third-order valence-electron chi connectivity index (χ3n) is 3.04. The van der Waals surface area contributed by atoms with Gasteiger partial charge in [0.25, 0.3) is 0 Å². The van der Waals surface area contributed by atoms with Crippen molar-refractivity contribution in [2.75, 3.05) is 0 Å². The van der Waals surface area contributed by atoms with Crippen LogP contribution in [0.25, 0.3) is 0 Å². The van der Waals surface area contributed by atoms with Crippen LogP contribution in [0, 0.1) is 0 Å². The van der Waals surface area contributed by atoms with Crippen LogP contribution in [0.1, 0.15) is 0 Å². The first kappa shape index (κ1) is 16.0. The van der Waals surface area contributed by atoms with E-state index in [1.54, 1.807) is 0 Å². The molecular weight excluding hydrogens is 385 g/mol. The van der Waals surface area contributed by atoms with E-state index in [-0.39, 0.29) is 48.9 Å². The molecule has 2 heteroatoms. The molecule has 0 saturated carbocycles. The van der Waals surface area contributed by atoms with Crippen molar-refractivity contribution in [2.24, 2.45) is 0 Å². The van der Waals surface area contributed by atoms with Gasteiger partial charge in [0.15, 0.2) is 0 Å². The SMILES string of the molecule is [Ba].c1ccc(P(c2ccccc2)c2ccccc2)cc1. The van der Waals surface area contributed by atoms with E-state index in [1.807, 2.05) is 0 Å². The molecule has 0 bridgehead atoms. The third kappa shape index (κ3) is 3.86. The molecule has 0 spiro atoms. The molecule has 0 unspecified atom stereocenters. The van der Waals surface area contributed by atoms with Crippen LogP contribution in [0.3, 0.4) is 0 Å². The molecule has 0 aliphatic carbocycles. The minimum Gasteiger partial charge on any atom is -0.0622 e. The van der Waals surface area contributed by atoms with E-state index in [4.69, 9.17) is 0 Å². The van der Waals surface area contributed by atoms with Gasteiger partial charge in [-0.15, -0.1) is 0 Å². The maximum atomic E-state index is 2.23. The summed E-state index contributed by atoms with van der Waals surface area (Å²) in [5, 5.41) is 4.19. The summed E-state index contributed by atoms with van der Waals surface area (Å²) >= 11 is 0. The molecule has 0 N–H and O–H groups in total. The molecule has 0 amide bonds. The Bertz CT molecular complexity index is 529. The van der Waals surface area contributed by atoms with Crippen LogP contribution < -0.4 is 15.9 Å². The van der Waals surface area contributed by atoms with Crippen LogP contribution in [0.5, 0.6) is 0 Å². The number of rotatable bonds is 3. The molecule has 0 aliphatic rings. The summed E-state index contributed by atoms with van der Waals surface area (Å²) in [6.45, 7) is 0. The van der Waals surface area contributed by atoms with E-state index in [0.717, 1.165) is 0 Å². The molecule has 0 atom stereocenters. The molecule has 94 valence electrons. The second kappa shape index (κ2) is 8.19. The summed E-state index contributed by atoms with van der Waals surface area (Å²) < 4.78 is 0. The molecule has 0 aromatic heterocycles. The second-order valence-corrected chi connectivity index (χ2v) is 6.56. The maximum absolute atomic E-state index is 2.23. The average Bonchev–Trinajstić information content (AvgIpc) is 2.51. The predicted molar refractivity (Wildman–Crippen MR) is 90.9 cm³/mol. The van der Waals surface area contributed by atoms with Crippen LogP contribution in [0.4, 0.5) is 0 Å². The van der Waals surface area contributed by atoms with Crippen molar-refractivity contribution >= 4 is 72.7 Å². The Morgan fingerprint density at radius 3 is 0.900 bits per heavy atom. The zero-order valence-corrected chi connectivity index (χ0v) is 16.6. The maximum Gasteiger partial charge on any atom is 0 e. The quantitative estimate of drug-likeness (QED) is 0.469. The first-order chi connectivity index (χ1) is 9.45. The summed E-state index contributed by atoms with van der Waals surface area (Å²) in [7, 11) is -0.446. The van der Waals surface area contributed by atoms with E-state index < -0.39 is 7.92 Å². The second-order valence-electron chi connectivity index (χ2n) is 4.34. The van der Waals surface area contributed by atoms with Gasteiger partial charge in [0, 0.05) is 48.9 Å². The van der Waals surface area contributed by atoms with Crippen LogP contribution in [-0.2, 0) is 0 Å². The zero-order chi connectivity index (χ0) is 12.9. The Labute approximate surface area is 162 Å².